The highest BCUT2D eigenvalue weighted by molar-refractivity contribution is 6.10. The quantitative estimate of drug-likeness (QED) is 0.452. The van der Waals surface area contributed by atoms with Crippen LogP contribution in [0.25, 0.3) is 0 Å². The summed E-state index contributed by atoms with van der Waals surface area (Å²) in [4.78, 5) is 15.0. The number of aromatic nitrogens is 3. The van der Waals surface area contributed by atoms with Crippen LogP contribution in [0.2, 0.25) is 0 Å². The third-order valence-corrected chi connectivity index (χ3v) is 8.35. The van der Waals surface area contributed by atoms with E-state index in [9.17, 15) is 23.1 Å². The number of hydrogen-bond donors (Lipinski definition) is 2. The number of nitrogens with one attached hydrogen (secondary N) is 1. The number of anilines is 1. The molecule has 2 heterocycles. The Balaban J connectivity index is 1.32. The van der Waals surface area contributed by atoms with E-state index in [2.05, 4.69) is 15.5 Å². The van der Waals surface area contributed by atoms with E-state index in [0.717, 1.165) is 17.5 Å². The molecular weight excluding hydrogens is 511 g/mol. The Bertz CT molecular complexity index is 1430. The third-order valence-electron chi connectivity index (χ3n) is 8.35. The van der Waals surface area contributed by atoms with Gasteiger partial charge in [0.1, 0.15) is 12.2 Å². The number of fused-ring (bicyclic) bond motifs is 1. The van der Waals surface area contributed by atoms with Crippen molar-refractivity contribution in [2.45, 2.75) is 62.1 Å². The van der Waals surface area contributed by atoms with Crippen LogP contribution in [0.4, 0.5) is 18.9 Å². The average molecular weight is 542 g/mol. The largest absolute Gasteiger partial charge is 0.416 e. The first kappa shape index (κ1) is 26.0. The maximum Gasteiger partial charge on any atom is 0.416 e. The minimum absolute atomic E-state index is 0.0198. The molecule has 2 aliphatic carbocycles. The Morgan fingerprint density at radius 3 is 2.62 bits per heavy atom. The Morgan fingerprint density at radius 1 is 1.21 bits per heavy atom. The van der Waals surface area contributed by atoms with E-state index >= 15 is 0 Å². The van der Waals surface area contributed by atoms with Crippen LogP contribution in [0.15, 0.2) is 42.7 Å². The smallest absolute Gasteiger partial charge is 0.389 e. The summed E-state index contributed by atoms with van der Waals surface area (Å²) in [7, 11) is 3.54. The van der Waals surface area contributed by atoms with Gasteiger partial charge in [-0.25, -0.2) is 0 Å². The maximum atomic E-state index is 14.1. The number of nitrogens with zero attached hydrogens (tertiary/aromatic N) is 4. The topological polar surface area (TPSA) is 92.5 Å². The van der Waals surface area contributed by atoms with E-state index in [1.165, 1.54) is 11.0 Å². The fourth-order valence-corrected chi connectivity index (χ4v) is 5.91. The summed E-state index contributed by atoms with van der Waals surface area (Å²) >= 11 is 0. The number of rotatable bonds is 8. The van der Waals surface area contributed by atoms with Gasteiger partial charge in [-0.15, -0.1) is 10.2 Å². The first-order valence-electron chi connectivity index (χ1n) is 13.0. The van der Waals surface area contributed by atoms with Gasteiger partial charge < -0.3 is 24.6 Å². The first-order valence-corrected chi connectivity index (χ1v) is 13.0. The molecule has 0 atom stereocenters. The lowest BCUT2D eigenvalue weighted by atomic mass is 9.62. The van der Waals surface area contributed by atoms with Crippen molar-refractivity contribution in [3.8, 4) is 0 Å². The second-order valence-corrected chi connectivity index (χ2v) is 11.1. The summed E-state index contributed by atoms with van der Waals surface area (Å²) in [6.07, 6.45) is -0.219. The van der Waals surface area contributed by atoms with Crippen LogP contribution in [0.3, 0.4) is 0 Å². The predicted molar refractivity (Wildman–Crippen MR) is 136 cm³/mol. The number of aliphatic hydroxyl groups is 1. The molecule has 206 valence electrons. The van der Waals surface area contributed by atoms with Gasteiger partial charge in [0.2, 0.25) is 0 Å². The first-order chi connectivity index (χ1) is 18.5. The van der Waals surface area contributed by atoms with E-state index in [4.69, 9.17) is 4.74 Å². The SMILES string of the molecule is CO[C@H]1C[C@](c2cccc(N3Cc4c(cc(CNCC5(O)CC5)cc4C(F)(F)F)C3=O)c2)(c2nncn2C)C1. The van der Waals surface area contributed by atoms with E-state index in [-0.39, 0.29) is 30.3 Å². The van der Waals surface area contributed by atoms with E-state index in [0.29, 0.717) is 43.5 Å². The molecule has 1 aliphatic heterocycles. The van der Waals surface area contributed by atoms with Gasteiger partial charge in [-0.2, -0.15) is 13.2 Å². The molecule has 0 spiro atoms. The third kappa shape index (κ3) is 4.52. The number of hydrogen-bond acceptors (Lipinski definition) is 6. The molecule has 1 aromatic heterocycles. The molecule has 0 bridgehead atoms. The van der Waals surface area contributed by atoms with E-state index < -0.39 is 28.7 Å². The number of amides is 1. The van der Waals surface area contributed by atoms with Gasteiger partial charge in [-0.1, -0.05) is 12.1 Å². The minimum Gasteiger partial charge on any atom is -0.389 e. The number of ether oxygens (including phenoxy) is 1. The van der Waals surface area contributed by atoms with Gasteiger partial charge >= 0.3 is 6.18 Å². The van der Waals surface area contributed by atoms with Crippen LogP contribution >= 0.6 is 0 Å². The summed E-state index contributed by atoms with van der Waals surface area (Å²) < 4.78 is 49.8. The zero-order valence-electron chi connectivity index (χ0n) is 21.8. The van der Waals surface area contributed by atoms with Gasteiger partial charge in [0, 0.05) is 38.5 Å². The summed E-state index contributed by atoms with van der Waals surface area (Å²) in [6, 6.07) is 10.0. The van der Waals surface area contributed by atoms with Gasteiger partial charge in [0.15, 0.2) is 0 Å². The molecule has 11 heteroatoms. The van der Waals surface area contributed by atoms with Crippen molar-refractivity contribution >= 4 is 11.6 Å². The summed E-state index contributed by atoms with van der Waals surface area (Å²) in [5, 5.41) is 21.5. The van der Waals surface area contributed by atoms with Crippen LogP contribution < -0.4 is 10.2 Å². The summed E-state index contributed by atoms with van der Waals surface area (Å²) in [5.74, 6) is 0.308. The molecule has 2 aromatic carbocycles. The second kappa shape index (κ2) is 9.14. The number of benzene rings is 2. The molecule has 3 aromatic rings. The van der Waals surface area contributed by atoms with E-state index in [1.807, 2.05) is 29.8 Å². The molecule has 1 amide bonds. The lowest BCUT2D eigenvalue weighted by Crippen LogP contribution is -2.48. The fraction of sp³-hybridized carbons (Fsp3) is 0.464. The van der Waals surface area contributed by atoms with Crippen molar-refractivity contribution in [1.29, 1.82) is 0 Å². The Kier molecular flexibility index (Phi) is 6.09. The van der Waals surface area contributed by atoms with Crippen LogP contribution in [-0.2, 0) is 36.5 Å². The van der Waals surface area contributed by atoms with Crippen molar-refractivity contribution < 1.29 is 27.8 Å². The van der Waals surface area contributed by atoms with Crippen molar-refractivity contribution in [3.05, 3.63) is 76.4 Å². The number of carbonyl (C=O) groups is 1. The highest BCUT2D eigenvalue weighted by Gasteiger charge is 2.50. The van der Waals surface area contributed by atoms with Gasteiger partial charge in [-0.05, 0) is 66.6 Å². The average Bonchev–Trinajstić information content (AvgIpc) is 3.29. The molecule has 0 radical (unpaired) electrons. The monoisotopic (exact) mass is 541 g/mol. The van der Waals surface area contributed by atoms with Crippen LogP contribution in [-0.4, -0.2) is 51.1 Å². The van der Waals surface area contributed by atoms with Crippen LogP contribution in [0, 0.1) is 0 Å². The molecule has 2 fully saturated rings. The molecule has 0 saturated heterocycles. The standard InChI is InChI=1S/C28H30F3N5O3/c1-35-16-33-34-25(35)27(11-20(12-27)39-2)18-4-3-5-19(10-18)36-14-22-21(24(36)37)8-17(9-23(22)28(29,30)31)13-32-15-26(38)6-7-26/h3-5,8-10,16,20,32,38H,6-7,11-15H2,1-2H3/t20-,27-. The highest BCUT2D eigenvalue weighted by Crippen LogP contribution is 2.50. The van der Waals surface area contributed by atoms with Gasteiger partial charge in [0.25, 0.3) is 5.91 Å². The lowest BCUT2D eigenvalue weighted by molar-refractivity contribution is -0.138. The Labute approximate surface area is 223 Å². The lowest BCUT2D eigenvalue weighted by Gasteiger charge is -2.46. The van der Waals surface area contributed by atoms with Crippen molar-refractivity contribution in [2.75, 3.05) is 18.6 Å². The molecule has 6 rings (SSSR count). The maximum absolute atomic E-state index is 14.1. The Morgan fingerprint density at radius 2 is 1.97 bits per heavy atom. The fourth-order valence-electron chi connectivity index (χ4n) is 5.91. The van der Waals surface area contributed by atoms with Crippen molar-refractivity contribution in [2.24, 2.45) is 7.05 Å². The number of carbonyl (C=O) groups excluding carboxylic acids is 1. The zero-order valence-corrected chi connectivity index (χ0v) is 21.8. The summed E-state index contributed by atoms with van der Waals surface area (Å²) in [5.41, 5.74) is -0.210. The normalized spacial score (nSPS) is 23.6. The minimum atomic E-state index is -4.61. The zero-order chi connectivity index (χ0) is 27.6. The molecule has 39 heavy (non-hydrogen) atoms. The molecule has 2 N–H and O–H groups in total. The van der Waals surface area contributed by atoms with Crippen molar-refractivity contribution in [3.63, 3.8) is 0 Å². The van der Waals surface area contributed by atoms with Gasteiger partial charge in [-0.3, -0.25) is 4.79 Å². The van der Waals surface area contributed by atoms with Crippen molar-refractivity contribution in [1.82, 2.24) is 20.1 Å². The van der Waals surface area contributed by atoms with Gasteiger partial charge in [0.05, 0.1) is 29.2 Å². The summed E-state index contributed by atoms with van der Waals surface area (Å²) in [6.45, 7) is 0.259. The Hall–Kier alpha value is -3.28. The van der Waals surface area contributed by atoms with Crippen LogP contribution in [0.1, 0.15) is 64.1 Å². The number of halogens is 3. The van der Waals surface area contributed by atoms with E-state index in [1.54, 1.807) is 19.5 Å². The number of alkyl halides is 3. The second-order valence-electron chi connectivity index (χ2n) is 11.1. The molecule has 3 aliphatic rings. The highest BCUT2D eigenvalue weighted by atomic mass is 19.4. The molecular formula is C28H30F3N5O3. The number of methoxy groups -OCH3 is 1. The molecule has 8 nitrogen and oxygen atoms in total. The predicted octanol–water partition coefficient (Wildman–Crippen LogP) is 3.70. The van der Waals surface area contributed by atoms with Crippen LogP contribution in [0.5, 0.6) is 0 Å². The molecule has 0 unspecified atom stereocenters. The molecule has 2 saturated carbocycles. The number of aryl methyl sites for hydroxylation is 1.